The minimum atomic E-state index is 0.228. The lowest BCUT2D eigenvalue weighted by Crippen LogP contribution is -2.44. The van der Waals surface area contributed by atoms with E-state index in [1.54, 1.807) is 7.11 Å². The van der Waals surface area contributed by atoms with Crippen molar-refractivity contribution in [1.82, 2.24) is 20.4 Å². The zero-order valence-electron chi connectivity index (χ0n) is 16.3. The number of fused-ring (bicyclic) bond motifs is 2. The van der Waals surface area contributed by atoms with Crippen LogP contribution in [0.1, 0.15) is 24.1 Å². The van der Waals surface area contributed by atoms with Gasteiger partial charge in [0.2, 0.25) is 0 Å². The summed E-state index contributed by atoms with van der Waals surface area (Å²) in [6, 6.07) is 22.5. The van der Waals surface area contributed by atoms with Gasteiger partial charge in [0.05, 0.1) is 29.5 Å². The van der Waals surface area contributed by atoms with Gasteiger partial charge in [-0.15, -0.1) is 0 Å². The molecule has 3 aromatic carbocycles. The summed E-state index contributed by atoms with van der Waals surface area (Å²) in [6.45, 7) is 2.12. The van der Waals surface area contributed by atoms with E-state index in [-0.39, 0.29) is 6.04 Å². The number of ether oxygens (including phenoxy) is 1. The minimum Gasteiger partial charge on any atom is -0.497 e. The standard InChI is InChI=1S/C23H21N5O/c1-15-19-8-3-4-9-20(19)23(27-26-15)25-16-10-11-22-21(12-16)24-14-28(22)17-6-5-7-18(13-17)29-2/h3-15,26H,1-2H3,(H,25,27). The first-order valence-electron chi connectivity index (χ1n) is 9.54. The molecule has 144 valence electrons. The number of nitrogens with zero attached hydrogens (tertiary/aromatic N) is 3. The minimum absolute atomic E-state index is 0.228. The molecule has 1 aliphatic heterocycles. The number of rotatable bonds is 3. The smallest absolute Gasteiger partial charge is 0.148 e. The summed E-state index contributed by atoms with van der Waals surface area (Å²) < 4.78 is 7.39. The van der Waals surface area contributed by atoms with Crippen LogP contribution in [-0.2, 0) is 0 Å². The number of nitrogens with one attached hydrogen (secondary N) is 2. The molecule has 1 aromatic heterocycles. The fourth-order valence-corrected chi connectivity index (χ4v) is 3.67. The lowest BCUT2D eigenvalue weighted by molar-refractivity contribution is 0.414. The van der Waals surface area contributed by atoms with Crippen molar-refractivity contribution >= 4 is 22.6 Å². The zero-order valence-corrected chi connectivity index (χ0v) is 16.3. The Morgan fingerprint density at radius 1 is 1.03 bits per heavy atom. The lowest BCUT2D eigenvalue weighted by Gasteiger charge is -2.26. The van der Waals surface area contributed by atoms with Gasteiger partial charge in [0, 0.05) is 17.7 Å². The molecule has 6 heteroatoms. The topological polar surface area (TPSA) is 63.5 Å². The maximum atomic E-state index is 5.34. The van der Waals surface area contributed by atoms with Crippen LogP contribution < -0.4 is 15.6 Å². The van der Waals surface area contributed by atoms with E-state index in [2.05, 4.69) is 41.0 Å². The summed E-state index contributed by atoms with van der Waals surface area (Å²) in [7, 11) is 1.67. The molecule has 0 saturated heterocycles. The van der Waals surface area contributed by atoms with Crippen molar-refractivity contribution in [2.75, 3.05) is 7.11 Å². The van der Waals surface area contributed by atoms with Crippen molar-refractivity contribution in [3.8, 4) is 11.4 Å². The number of aliphatic imine (C=N–C) groups is 1. The number of hydrazine groups is 1. The number of methoxy groups -OCH3 is 1. The van der Waals surface area contributed by atoms with Crippen molar-refractivity contribution < 1.29 is 4.74 Å². The fourth-order valence-electron chi connectivity index (χ4n) is 3.67. The van der Waals surface area contributed by atoms with Crippen LogP contribution in [0.3, 0.4) is 0 Å². The van der Waals surface area contributed by atoms with E-state index in [0.717, 1.165) is 39.6 Å². The van der Waals surface area contributed by atoms with Crippen LogP contribution in [0.2, 0.25) is 0 Å². The molecule has 0 amide bonds. The maximum Gasteiger partial charge on any atom is 0.148 e. The van der Waals surface area contributed by atoms with Crippen LogP contribution in [0.5, 0.6) is 5.75 Å². The Labute approximate surface area is 168 Å². The van der Waals surface area contributed by atoms with Crippen LogP contribution in [0.25, 0.3) is 16.7 Å². The second-order valence-corrected chi connectivity index (χ2v) is 7.03. The molecule has 0 saturated carbocycles. The Hall–Kier alpha value is -3.64. The molecule has 1 aliphatic rings. The van der Waals surface area contributed by atoms with Crippen LogP contribution in [-0.4, -0.2) is 22.5 Å². The van der Waals surface area contributed by atoms with Gasteiger partial charge in [-0.25, -0.2) is 15.4 Å². The Kier molecular flexibility index (Phi) is 4.26. The van der Waals surface area contributed by atoms with E-state index in [4.69, 9.17) is 9.73 Å². The monoisotopic (exact) mass is 383 g/mol. The van der Waals surface area contributed by atoms with Gasteiger partial charge in [0.15, 0.2) is 0 Å². The molecule has 1 atom stereocenters. The first kappa shape index (κ1) is 17.5. The molecule has 0 spiro atoms. The van der Waals surface area contributed by atoms with Crippen LogP contribution >= 0.6 is 0 Å². The second kappa shape index (κ2) is 7.07. The van der Waals surface area contributed by atoms with Gasteiger partial charge in [-0.1, -0.05) is 30.3 Å². The van der Waals surface area contributed by atoms with Crippen molar-refractivity contribution in [3.63, 3.8) is 0 Å². The van der Waals surface area contributed by atoms with Crippen molar-refractivity contribution in [3.05, 3.63) is 84.2 Å². The van der Waals surface area contributed by atoms with Gasteiger partial charge < -0.3 is 10.2 Å². The van der Waals surface area contributed by atoms with Crippen LogP contribution in [0.15, 0.2) is 78.0 Å². The van der Waals surface area contributed by atoms with Gasteiger partial charge in [-0.3, -0.25) is 4.57 Å². The molecule has 2 heterocycles. The van der Waals surface area contributed by atoms with Gasteiger partial charge >= 0.3 is 0 Å². The van der Waals surface area contributed by atoms with Crippen molar-refractivity contribution in [2.24, 2.45) is 4.99 Å². The first-order chi connectivity index (χ1) is 14.2. The quantitative estimate of drug-likeness (QED) is 0.554. The third-order valence-corrected chi connectivity index (χ3v) is 5.19. The molecular weight excluding hydrogens is 362 g/mol. The molecule has 2 N–H and O–H groups in total. The molecule has 29 heavy (non-hydrogen) atoms. The molecule has 6 nitrogen and oxygen atoms in total. The predicted molar refractivity (Wildman–Crippen MR) is 115 cm³/mol. The lowest BCUT2D eigenvalue weighted by atomic mass is 9.99. The van der Waals surface area contributed by atoms with Crippen LogP contribution in [0.4, 0.5) is 5.69 Å². The normalized spacial score (nSPS) is 17.2. The Balaban J connectivity index is 1.54. The van der Waals surface area contributed by atoms with Crippen molar-refractivity contribution in [2.45, 2.75) is 13.0 Å². The molecule has 4 aromatic rings. The highest BCUT2D eigenvalue weighted by atomic mass is 16.5. The third kappa shape index (κ3) is 3.13. The Bertz CT molecular complexity index is 1230. The van der Waals surface area contributed by atoms with E-state index in [1.165, 1.54) is 5.56 Å². The van der Waals surface area contributed by atoms with Crippen LogP contribution in [0, 0.1) is 0 Å². The van der Waals surface area contributed by atoms with E-state index >= 15 is 0 Å². The maximum absolute atomic E-state index is 5.34. The fraction of sp³-hybridized carbons (Fsp3) is 0.130. The highest BCUT2D eigenvalue weighted by molar-refractivity contribution is 6.02. The van der Waals surface area contributed by atoms with E-state index < -0.39 is 0 Å². The average Bonchev–Trinajstić information content (AvgIpc) is 3.19. The van der Waals surface area contributed by atoms with Gasteiger partial charge in [-0.05, 0) is 42.8 Å². The van der Waals surface area contributed by atoms with E-state index in [0.29, 0.717) is 0 Å². The molecule has 0 radical (unpaired) electrons. The number of imidazole rings is 1. The summed E-state index contributed by atoms with van der Waals surface area (Å²) in [5.41, 5.74) is 12.6. The molecule has 0 aliphatic carbocycles. The van der Waals surface area contributed by atoms with Crippen molar-refractivity contribution in [1.29, 1.82) is 0 Å². The molecule has 1 unspecified atom stereocenters. The zero-order chi connectivity index (χ0) is 19.8. The second-order valence-electron chi connectivity index (χ2n) is 7.03. The molecule has 0 bridgehead atoms. The number of hydrogen-bond donors (Lipinski definition) is 2. The number of hydrogen-bond acceptors (Lipinski definition) is 4. The highest BCUT2D eigenvalue weighted by Crippen LogP contribution is 2.27. The highest BCUT2D eigenvalue weighted by Gasteiger charge is 2.19. The van der Waals surface area contributed by atoms with Gasteiger partial charge in [0.25, 0.3) is 0 Å². The Morgan fingerprint density at radius 3 is 2.83 bits per heavy atom. The summed E-state index contributed by atoms with van der Waals surface area (Å²) in [5, 5.41) is 0. The predicted octanol–water partition coefficient (Wildman–Crippen LogP) is 4.28. The number of aromatic nitrogens is 2. The summed E-state index contributed by atoms with van der Waals surface area (Å²) in [5.74, 6) is 1.63. The average molecular weight is 383 g/mol. The van der Waals surface area contributed by atoms with Gasteiger partial charge in [0.1, 0.15) is 17.9 Å². The third-order valence-electron chi connectivity index (χ3n) is 5.19. The molecular formula is C23H21N5O. The first-order valence-corrected chi connectivity index (χ1v) is 9.54. The van der Waals surface area contributed by atoms with E-state index in [1.807, 2.05) is 59.4 Å². The number of benzene rings is 3. The summed E-state index contributed by atoms with van der Waals surface area (Å²) >= 11 is 0. The molecule has 0 fully saturated rings. The van der Waals surface area contributed by atoms with Gasteiger partial charge in [-0.2, -0.15) is 0 Å². The summed E-state index contributed by atoms with van der Waals surface area (Å²) in [4.78, 5) is 9.40. The summed E-state index contributed by atoms with van der Waals surface area (Å²) in [6.07, 6.45) is 1.83. The Morgan fingerprint density at radius 2 is 1.93 bits per heavy atom. The number of amidine groups is 1. The molecule has 5 rings (SSSR count). The SMILES string of the molecule is COc1cccc(-n2cnc3cc(N=C4NNC(C)c5ccccc54)ccc32)c1. The largest absolute Gasteiger partial charge is 0.497 e. The van der Waals surface area contributed by atoms with E-state index in [9.17, 15) is 0 Å².